The second-order valence-corrected chi connectivity index (χ2v) is 2.43. The monoisotopic (exact) mass is 155 g/mol. The Hall–Kier alpha value is -1.12. The second-order valence-electron chi connectivity index (χ2n) is 2.43. The highest BCUT2D eigenvalue weighted by Crippen LogP contribution is 1.94. The molecule has 1 N–H and O–H groups in total. The van der Waals surface area contributed by atoms with Crippen LogP contribution < -0.4 is 5.56 Å². The average Bonchev–Trinajstić information content (AvgIpc) is 1.95. The molecule has 0 aliphatic carbocycles. The third-order valence-corrected chi connectivity index (χ3v) is 1.50. The van der Waals surface area contributed by atoms with Crippen molar-refractivity contribution in [3.8, 4) is 0 Å². The van der Waals surface area contributed by atoms with Crippen molar-refractivity contribution in [3.05, 3.63) is 33.7 Å². The van der Waals surface area contributed by atoms with Gasteiger partial charge in [-0.05, 0) is 13.0 Å². The summed E-state index contributed by atoms with van der Waals surface area (Å²) in [5.41, 5.74) is 1.14. The van der Waals surface area contributed by atoms with Gasteiger partial charge >= 0.3 is 0 Å². The Balaban J connectivity index is 3.00. The third-order valence-electron chi connectivity index (χ3n) is 1.50. The van der Waals surface area contributed by atoms with Gasteiger partial charge in [0.2, 0.25) is 0 Å². The Kier molecular flexibility index (Phi) is 2.41. The number of aryl methyl sites for hydroxylation is 2. The van der Waals surface area contributed by atoms with Gasteiger partial charge in [-0.15, -0.1) is 0 Å². The van der Waals surface area contributed by atoms with Crippen LogP contribution in [0.5, 0.6) is 0 Å². The average molecular weight is 155 g/mol. The van der Waals surface area contributed by atoms with Crippen molar-refractivity contribution in [2.45, 2.75) is 13.3 Å². The molecule has 0 aliphatic heterocycles. The molecule has 0 fully saturated rings. The fourth-order valence-corrected chi connectivity index (χ4v) is 0.901. The standard InChI is InChI=1S/C8H10FNO/c1-6-2-3-7(4-5-9)8(11)10-6/h2-3H,4-5H2,1H3,(H,10,11). The molecule has 3 heteroatoms. The van der Waals surface area contributed by atoms with E-state index in [1.165, 1.54) is 0 Å². The van der Waals surface area contributed by atoms with Crippen molar-refractivity contribution in [2.75, 3.05) is 6.67 Å². The van der Waals surface area contributed by atoms with Gasteiger partial charge in [-0.25, -0.2) is 0 Å². The van der Waals surface area contributed by atoms with Crippen LogP contribution >= 0.6 is 0 Å². The van der Waals surface area contributed by atoms with E-state index in [9.17, 15) is 9.18 Å². The van der Waals surface area contributed by atoms with Crippen molar-refractivity contribution < 1.29 is 4.39 Å². The molecular weight excluding hydrogens is 145 g/mol. The zero-order chi connectivity index (χ0) is 8.27. The van der Waals surface area contributed by atoms with Gasteiger partial charge in [-0.1, -0.05) is 6.07 Å². The number of aromatic amines is 1. The number of hydrogen-bond acceptors (Lipinski definition) is 1. The topological polar surface area (TPSA) is 32.9 Å². The maximum Gasteiger partial charge on any atom is 0.251 e. The van der Waals surface area contributed by atoms with E-state index in [-0.39, 0.29) is 12.0 Å². The zero-order valence-electron chi connectivity index (χ0n) is 6.36. The molecule has 0 atom stereocenters. The van der Waals surface area contributed by atoms with E-state index in [2.05, 4.69) is 4.98 Å². The van der Waals surface area contributed by atoms with Gasteiger partial charge in [0.05, 0.1) is 6.67 Å². The van der Waals surface area contributed by atoms with Crippen LogP contribution in [0.25, 0.3) is 0 Å². The molecule has 2 nitrogen and oxygen atoms in total. The Labute approximate surface area is 64.1 Å². The minimum Gasteiger partial charge on any atom is -0.326 e. The van der Waals surface area contributed by atoms with Gasteiger partial charge in [0.15, 0.2) is 0 Å². The number of halogens is 1. The smallest absolute Gasteiger partial charge is 0.251 e. The van der Waals surface area contributed by atoms with Crippen LogP contribution in [0.1, 0.15) is 11.3 Å². The molecule has 0 saturated heterocycles. The molecule has 0 amide bonds. The molecule has 0 aliphatic rings. The van der Waals surface area contributed by atoms with Gasteiger partial charge in [-0.2, -0.15) is 0 Å². The van der Waals surface area contributed by atoms with Gasteiger partial charge < -0.3 is 4.98 Å². The Morgan fingerprint density at radius 2 is 2.27 bits per heavy atom. The Morgan fingerprint density at radius 3 is 2.82 bits per heavy atom. The normalized spacial score (nSPS) is 10.0. The number of alkyl halides is 1. The summed E-state index contributed by atoms with van der Waals surface area (Å²) >= 11 is 0. The SMILES string of the molecule is Cc1ccc(CCF)c(=O)[nH]1. The summed E-state index contributed by atoms with van der Waals surface area (Å²) in [5.74, 6) is 0. The van der Waals surface area contributed by atoms with Crippen molar-refractivity contribution in [3.63, 3.8) is 0 Å². The molecule has 11 heavy (non-hydrogen) atoms. The van der Waals surface area contributed by atoms with E-state index in [0.29, 0.717) is 5.56 Å². The lowest BCUT2D eigenvalue weighted by atomic mass is 10.2. The predicted octanol–water partition coefficient (Wildman–Crippen LogP) is 1.20. The van der Waals surface area contributed by atoms with E-state index in [1.807, 2.05) is 0 Å². The van der Waals surface area contributed by atoms with Gasteiger partial charge in [-0.3, -0.25) is 9.18 Å². The summed E-state index contributed by atoms with van der Waals surface area (Å²) in [6, 6.07) is 3.43. The van der Waals surface area contributed by atoms with Crippen LogP contribution in [0, 0.1) is 6.92 Å². The molecule has 1 aromatic heterocycles. The fourth-order valence-electron chi connectivity index (χ4n) is 0.901. The van der Waals surface area contributed by atoms with Gasteiger partial charge in [0.1, 0.15) is 0 Å². The van der Waals surface area contributed by atoms with Crippen LogP contribution in [0.4, 0.5) is 4.39 Å². The molecular formula is C8H10FNO. The molecule has 60 valence electrons. The summed E-state index contributed by atoms with van der Waals surface area (Å²) in [7, 11) is 0. The second kappa shape index (κ2) is 3.32. The summed E-state index contributed by atoms with van der Waals surface area (Å²) in [4.78, 5) is 13.6. The molecule has 1 rings (SSSR count). The third kappa shape index (κ3) is 1.90. The summed E-state index contributed by atoms with van der Waals surface area (Å²) < 4.78 is 11.8. The first kappa shape index (κ1) is 7.98. The van der Waals surface area contributed by atoms with Gasteiger partial charge in [0, 0.05) is 17.7 Å². The molecule has 0 saturated carbocycles. The number of nitrogens with one attached hydrogen (secondary N) is 1. The number of rotatable bonds is 2. The number of hydrogen-bond donors (Lipinski definition) is 1. The first-order chi connectivity index (χ1) is 5.24. The minimum absolute atomic E-state index is 0.178. The highest BCUT2D eigenvalue weighted by Gasteiger charge is 1.97. The van der Waals surface area contributed by atoms with Crippen LogP contribution in [0.3, 0.4) is 0 Å². The van der Waals surface area contributed by atoms with Crippen molar-refractivity contribution in [2.24, 2.45) is 0 Å². The first-order valence-electron chi connectivity index (χ1n) is 3.49. The van der Waals surface area contributed by atoms with Gasteiger partial charge in [0.25, 0.3) is 5.56 Å². The van der Waals surface area contributed by atoms with Crippen molar-refractivity contribution in [1.29, 1.82) is 0 Å². The van der Waals surface area contributed by atoms with Crippen molar-refractivity contribution >= 4 is 0 Å². The highest BCUT2D eigenvalue weighted by atomic mass is 19.1. The van der Waals surface area contributed by atoms with E-state index in [0.717, 1.165) is 5.69 Å². The summed E-state index contributed by atoms with van der Waals surface area (Å²) in [5, 5.41) is 0. The van der Waals surface area contributed by atoms with Crippen LogP contribution in [-0.2, 0) is 6.42 Å². The molecule has 1 heterocycles. The van der Waals surface area contributed by atoms with E-state index in [4.69, 9.17) is 0 Å². The van der Waals surface area contributed by atoms with E-state index >= 15 is 0 Å². The Bertz CT molecular complexity index is 292. The molecule has 0 bridgehead atoms. The number of H-pyrrole nitrogens is 1. The minimum atomic E-state index is -0.480. The predicted molar refractivity (Wildman–Crippen MR) is 41.5 cm³/mol. The lowest BCUT2D eigenvalue weighted by Gasteiger charge is -1.96. The fraction of sp³-hybridized carbons (Fsp3) is 0.375. The van der Waals surface area contributed by atoms with Crippen LogP contribution in [0.2, 0.25) is 0 Å². The number of pyridine rings is 1. The molecule has 0 aromatic carbocycles. The summed E-state index contributed by atoms with van der Waals surface area (Å²) in [6.45, 7) is 1.31. The molecule has 1 aromatic rings. The zero-order valence-corrected chi connectivity index (χ0v) is 6.36. The van der Waals surface area contributed by atoms with Crippen LogP contribution in [0.15, 0.2) is 16.9 Å². The Morgan fingerprint density at radius 1 is 1.55 bits per heavy atom. The first-order valence-corrected chi connectivity index (χ1v) is 3.49. The largest absolute Gasteiger partial charge is 0.326 e. The van der Waals surface area contributed by atoms with E-state index < -0.39 is 6.67 Å². The lowest BCUT2D eigenvalue weighted by molar-refractivity contribution is 0.494. The molecule has 0 unspecified atom stereocenters. The quantitative estimate of drug-likeness (QED) is 0.683. The maximum atomic E-state index is 11.8. The molecule has 0 radical (unpaired) electrons. The van der Waals surface area contributed by atoms with Crippen molar-refractivity contribution in [1.82, 2.24) is 4.98 Å². The highest BCUT2D eigenvalue weighted by molar-refractivity contribution is 5.13. The lowest BCUT2D eigenvalue weighted by Crippen LogP contribution is -2.13. The van der Waals surface area contributed by atoms with Crippen LogP contribution in [-0.4, -0.2) is 11.7 Å². The summed E-state index contributed by atoms with van der Waals surface area (Å²) in [6.07, 6.45) is 0.204. The number of aromatic nitrogens is 1. The molecule has 0 spiro atoms. The maximum absolute atomic E-state index is 11.8. The van der Waals surface area contributed by atoms with E-state index in [1.54, 1.807) is 19.1 Å².